The second-order valence-electron chi connectivity index (χ2n) is 6.77. The molecule has 0 aliphatic carbocycles. The van der Waals surface area contributed by atoms with Crippen LogP contribution in [0.25, 0.3) is 0 Å². The van der Waals surface area contributed by atoms with Gasteiger partial charge in [0.2, 0.25) is 5.91 Å². The third-order valence-electron chi connectivity index (χ3n) is 5.32. The number of amides is 1. The van der Waals surface area contributed by atoms with Gasteiger partial charge in [0.1, 0.15) is 12.2 Å². The average molecular weight is 319 g/mol. The Hall–Kier alpha value is -1.43. The highest BCUT2D eigenvalue weighted by Gasteiger charge is 2.35. The first-order chi connectivity index (χ1) is 11.2. The lowest BCUT2D eigenvalue weighted by molar-refractivity contribution is -0.137. The molecule has 0 saturated carbocycles. The van der Waals surface area contributed by atoms with E-state index >= 15 is 0 Å². The number of aromatic nitrogens is 3. The van der Waals surface area contributed by atoms with Crippen LogP contribution in [0.3, 0.4) is 0 Å². The van der Waals surface area contributed by atoms with Crippen molar-refractivity contribution in [2.45, 2.75) is 64.5 Å². The third kappa shape index (κ3) is 3.42. The number of piperidine rings is 1. The van der Waals surface area contributed by atoms with Crippen molar-refractivity contribution in [3.05, 3.63) is 12.2 Å². The number of rotatable bonds is 5. The van der Waals surface area contributed by atoms with Gasteiger partial charge in [-0.15, -0.1) is 10.2 Å². The molecule has 23 heavy (non-hydrogen) atoms. The number of nitrogens with zero attached hydrogens (tertiary/aromatic N) is 5. The first-order valence-corrected chi connectivity index (χ1v) is 9.15. The molecule has 3 heterocycles. The van der Waals surface area contributed by atoms with Crippen LogP contribution in [0.4, 0.5) is 0 Å². The Kier molecular flexibility index (Phi) is 5.30. The lowest BCUT2D eigenvalue weighted by Crippen LogP contribution is -2.48. The molecule has 0 aromatic carbocycles. The minimum absolute atomic E-state index is 0.130. The fourth-order valence-corrected chi connectivity index (χ4v) is 4.05. The first-order valence-electron chi connectivity index (χ1n) is 9.15. The van der Waals surface area contributed by atoms with Crippen LogP contribution in [-0.2, 0) is 11.3 Å². The number of carbonyl (C=O) groups excluding carboxylic acids is 1. The van der Waals surface area contributed by atoms with Crippen LogP contribution < -0.4 is 0 Å². The lowest BCUT2D eigenvalue weighted by atomic mass is 9.95. The molecule has 1 aromatic rings. The topological polar surface area (TPSA) is 54.3 Å². The first kappa shape index (κ1) is 16.4. The van der Waals surface area contributed by atoms with Gasteiger partial charge in [-0.1, -0.05) is 6.92 Å². The fourth-order valence-electron chi connectivity index (χ4n) is 4.05. The van der Waals surface area contributed by atoms with Crippen molar-refractivity contribution in [3.8, 4) is 0 Å². The van der Waals surface area contributed by atoms with Crippen molar-refractivity contribution in [1.29, 1.82) is 0 Å². The SMILES string of the molecule is CCCN1CCC[C@@H]1C(=O)N1CCC(c2nncn2CC)CC1. The second kappa shape index (κ2) is 7.43. The molecule has 6 nitrogen and oxygen atoms in total. The highest BCUT2D eigenvalue weighted by molar-refractivity contribution is 5.82. The summed E-state index contributed by atoms with van der Waals surface area (Å²) in [7, 11) is 0. The van der Waals surface area contributed by atoms with Crippen LogP contribution in [0.5, 0.6) is 0 Å². The quantitative estimate of drug-likeness (QED) is 0.831. The Morgan fingerprint density at radius 1 is 1.22 bits per heavy atom. The van der Waals surface area contributed by atoms with E-state index in [-0.39, 0.29) is 6.04 Å². The summed E-state index contributed by atoms with van der Waals surface area (Å²) in [5.74, 6) is 1.89. The molecule has 2 saturated heterocycles. The molecule has 0 spiro atoms. The van der Waals surface area contributed by atoms with Gasteiger partial charge in [0.25, 0.3) is 0 Å². The van der Waals surface area contributed by atoms with Crippen LogP contribution in [0.15, 0.2) is 6.33 Å². The van der Waals surface area contributed by atoms with Crippen LogP contribution in [-0.4, -0.2) is 62.7 Å². The summed E-state index contributed by atoms with van der Waals surface area (Å²) in [6.45, 7) is 9.07. The van der Waals surface area contributed by atoms with Gasteiger partial charge in [-0.25, -0.2) is 0 Å². The smallest absolute Gasteiger partial charge is 0.239 e. The van der Waals surface area contributed by atoms with Gasteiger partial charge >= 0.3 is 0 Å². The number of hydrogen-bond acceptors (Lipinski definition) is 4. The van der Waals surface area contributed by atoms with Gasteiger partial charge in [0, 0.05) is 25.6 Å². The summed E-state index contributed by atoms with van der Waals surface area (Å²) in [6, 6.07) is 0.130. The summed E-state index contributed by atoms with van der Waals surface area (Å²) in [5.41, 5.74) is 0. The molecular formula is C17H29N5O. The zero-order valence-corrected chi connectivity index (χ0v) is 14.4. The zero-order valence-electron chi connectivity index (χ0n) is 14.4. The second-order valence-corrected chi connectivity index (χ2v) is 6.77. The molecule has 6 heteroatoms. The van der Waals surface area contributed by atoms with E-state index in [1.54, 1.807) is 0 Å². The van der Waals surface area contributed by atoms with Gasteiger partial charge in [-0.05, 0) is 52.1 Å². The molecule has 0 radical (unpaired) electrons. The van der Waals surface area contributed by atoms with Crippen molar-refractivity contribution in [2.24, 2.45) is 0 Å². The van der Waals surface area contributed by atoms with Crippen LogP contribution in [0, 0.1) is 0 Å². The Morgan fingerprint density at radius 3 is 2.70 bits per heavy atom. The van der Waals surface area contributed by atoms with E-state index in [1.807, 2.05) is 6.33 Å². The minimum Gasteiger partial charge on any atom is -0.341 e. The molecule has 0 bridgehead atoms. The summed E-state index contributed by atoms with van der Waals surface area (Å²) in [5, 5.41) is 8.34. The number of likely N-dealkylation sites (tertiary alicyclic amines) is 2. The van der Waals surface area contributed by atoms with Gasteiger partial charge in [-0.3, -0.25) is 9.69 Å². The molecule has 1 aromatic heterocycles. The largest absolute Gasteiger partial charge is 0.341 e. The molecular weight excluding hydrogens is 290 g/mol. The van der Waals surface area contributed by atoms with E-state index in [1.165, 1.54) is 0 Å². The predicted molar refractivity (Wildman–Crippen MR) is 89.1 cm³/mol. The van der Waals surface area contributed by atoms with Crippen molar-refractivity contribution in [2.75, 3.05) is 26.2 Å². The zero-order chi connectivity index (χ0) is 16.2. The maximum absolute atomic E-state index is 12.9. The molecule has 0 unspecified atom stereocenters. The predicted octanol–water partition coefficient (Wildman–Crippen LogP) is 1.88. The van der Waals surface area contributed by atoms with E-state index in [4.69, 9.17) is 0 Å². The third-order valence-corrected chi connectivity index (χ3v) is 5.32. The molecule has 1 atom stereocenters. The summed E-state index contributed by atoms with van der Waals surface area (Å²) in [4.78, 5) is 17.3. The van der Waals surface area contributed by atoms with Gasteiger partial charge in [-0.2, -0.15) is 0 Å². The molecule has 1 amide bonds. The standard InChI is InChI=1S/C17H29N5O/c1-3-9-21-10-5-6-15(21)17(23)22-11-7-14(8-12-22)16-19-18-13-20(16)4-2/h13-15H,3-12H2,1-2H3/t15-/m1/s1. The summed E-state index contributed by atoms with van der Waals surface area (Å²) >= 11 is 0. The van der Waals surface area contributed by atoms with Crippen molar-refractivity contribution in [1.82, 2.24) is 24.6 Å². The molecule has 128 valence electrons. The van der Waals surface area contributed by atoms with Gasteiger partial charge < -0.3 is 9.47 Å². The number of hydrogen-bond donors (Lipinski definition) is 0. The Morgan fingerprint density at radius 2 is 2.00 bits per heavy atom. The van der Waals surface area contributed by atoms with E-state index in [0.717, 1.165) is 70.7 Å². The maximum atomic E-state index is 12.9. The molecule has 2 aliphatic rings. The van der Waals surface area contributed by atoms with E-state index in [0.29, 0.717) is 11.8 Å². The molecule has 0 N–H and O–H groups in total. The lowest BCUT2D eigenvalue weighted by Gasteiger charge is -2.35. The highest BCUT2D eigenvalue weighted by Crippen LogP contribution is 2.28. The minimum atomic E-state index is 0.130. The van der Waals surface area contributed by atoms with Crippen LogP contribution in [0.1, 0.15) is 57.7 Å². The Labute approximate surface area is 138 Å². The van der Waals surface area contributed by atoms with Crippen LogP contribution >= 0.6 is 0 Å². The molecule has 3 rings (SSSR count). The van der Waals surface area contributed by atoms with E-state index in [9.17, 15) is 4.79 Å². The Bertz CT molecular complexity index is 521. The van der Waals surface area contributed by atoms with Crippen molar-refractivity contribution < 1.29 is 4.79 Å². The van der Waals surface area contributed by atoms with Gasteiger partial charge in [0.05, 0.1) is 6.04 Å². The maximum Gasteiger partial charge on any atom is 0.239 e. The molecule has 2 fully saturated rings. The number of aryl methyl sites for hydroxylation is 1. The van der Waals surface area contributed by atoms with Crippen molar-refractivity contribution in [3.63, 3.8) is 0 Å². The van der Waals surface area contributed by atoms with E-state index < -0.39 is 0 Å². The van der Waals surface area contributed by atoms with E-state index in [2.05, 4.69) is 38.4 Å². The summed E-state index contributed by atoms with van der Waals surface area (Å²) in [6.07, 6.45) is 7.14. The number of carbonyl (C=O) groups is 1. The highest BCUT2D eigenvalue weighted by atomic mass is 16.2. The van der Waals surface area contributed by atoms with Gasteiger partial charge in [0.15, 0.2) is 0 Å². The monoisotopic (exact) mass is 319 g/mol. The molecule has 2 aliphatic heterocycles. The van der Waals surface area contributed by atoms with Crippen molar-refractivity contribution >= 4 is 5.91 Å². The fraction of sp³-hybridized carbons (Fsp3) is 0.824. The summed E-state index contributed by atoms with van der Waals surface area (Å²) < 4.78 is 2.13. The van der Waals surface area contributed by atoms with Crippen LogP contribution in [0.2, 0.25) is 0 Å². The normalized spacial score (nSPS) is 23.6. The average Bonchev–Trinajstić information content (AvgIpc) is 3.23. The Balaban J connectivity index is 1.57.